The van der Waals surface area contributed by atoms with Crippen LogP contribution in [0, 0.1) is 13.8 Å². The Hall–Kier alpha value is -0.830. The van der Waals surface area contributed by atoms with Gasteiger partial charge in [-0.2, -0.15) is 0 Å². The Morgan fingerprint density at radius 3 is 2.79 bits per heavy atom. The molecule has 14 heavy (non-hydrogen) atoms. The van der Waals surface area contributed by atoms with Gasteiger partial charge in [-0.25, -0.2) is 4.98 Å². The van der Waals surface area contributed by atoms with Crippen LogP contribution in [0.2, 0.25) is 0 Å². The van der Waals surface area contributed by atoms with Crippen molar-refractivity contribution in [2.75, 3.05) is 0 Å². The third-order valence-corrected chi connectivity index (χ3v) is 3.37. The highest BCUT2D eigenvalue weighted by Crippen LogP contribution is 2.20. The van der Waals surface area contributed by atoms with E-state index in [1.165, 1.54) is 11.3 Å². The van der Waals surface area contributed by atoms with Crippen molar-refractivity contribution in [3.8, 4) is 0 Å². The second-order valence-corrected chi connectivity index (χ2v) is 4.38. The summed E-state index contributed by atoms with van der Waals surface area (Å²) in [6.07, 6.45) is 3.12. The number of pyridine rings is 1. The van der Waals surface area contributed by atoms with Crippen LogP contribution in [-0.4, -0.2) is 9.38 Å². The second kappa shape index (κ2) is 3.39. The standard InChI is InChI=1S/C11H13BrN2/c1-4-10-8(3)13-11-5-7(2)9(12)6-14(10)11/h5-6H,4H2,1-3H3. The predicted octanol–water partition coefficient (Wildman–Crippen LogP) is 3.28. The Morgan fingerprint density at radius 2 is 2.14 bits per heavy atom. The van der Waals surface area contributed by atoms with E-state index in [2.05, 4.69) is 58.3 Å². The molecule has 0 saturated carbocycles. The zero-order valence-corrected chi connectivity index (χ0v) is 10.2. The normalized spacial score (nSPS) is 11.1. The Kier molecular flexibility index (Phi) is 2.35. The molecule has 3 heteroatoms. The average molecular weight is 253 g/mol. The predicted molar refractivity (Wildman–Crippen MR) is 61.7 cm³/mol. The van der Waals surface area contributed by atoms with E-state index < -0.39 is 0 Å². The van der Waals surface area contributed by atoms with Crippen LogP contribution in [0.4, 0.5) is 0 Å². The van der Waals surface area contributed by atoms with Gasteiger partial charge >= 0.3 is 0 Å². The highest BCUT2D eigenvalue weighted by Gasteiger charge is 2.07. The molecule has 0 saturated heterocycles. The molecule has 0 aliphatic heterocycles. The van der Waals surface area contributed by atoms with Gasteiger partial charge in [-0.1, -0.05) is 6.92 Å². The lowest BCUT2D eigenvalue weighted by molar-refractivity contribution is 0.972. The molecule has 2 rings (SSSR count). The topological polar surface area (TPSA) is 17.3 Å². The number of fused-ring (bicyclic) bond motifs is 1. The van der Waals surface area contributed by atoms with E-state index >= 15 is 0 Å². The molecule has 0 radical (unpaired) electrons. The summed E-state index contributed by atoms with van der Waals surface area (Å²) in [6, 6.07) is 2.11. The minimum atomic E-state index is 1.02. The van der Waals surface area contributed by atoms with Crippen molar-refractivity contribution >= 4 is 21.6 Å². The highest BCUT2D eigenvalue weighted by molar-refractivity contribution is 9.10. The highest BCUT2D eigenvalue weighted by atomic mass is 79.9. The lowest BCUT2D eigenvalue weighted by Gasteiger charge is -2.02. The summed E-state index contributed by atoms with van der Waals surface area (Å²) >= 11 is 3.54. The van der Waals surface area contributed by atoms with E-state index in [1.807, 2.05) is 0 Å². The van der Waals surface area contributed by atoms with E-state index in [0.717, 1.165) is 22.2 Å². The molecule has 0 aliphatic carbocycles. The van der Waals surface area contributed by atoms with Gasteiger partial charge in [-0.3, -0.25) is 0 Å². The van der Waals surface area contributed by atoms with Crippen LogP contribution in [0.3, 0.4) is 0 Å². The summed E-state index contributed by atoms with van der Waals surface area (Å²) in [5, 5.41) is 0. The largest absolute Gasteiger partial charge is 0.303 e. The van der Waals surface area contributed by atoms with E-state index in [-0.39, 0.29) is 0 Å². The molecule has 0 aliphatic rings. The fourth-order valence-electron chi connectivity index (χ4n) is 1.75. The molecule has 74 valence electrons. The molecule has 2 aromatic heterocycles. The van der Waals surface area contributed by atoms with Crippen LogP contribution in [0.5, 0.6) is 0 Å². The molecule has 2 nitrogen and oxygen atoms in total. The summed E-state index contributed by atoms with van der Waals surface area (Å²) in [5.74, 6) is 0. The Bertz CT molecular complexity index is 485. The first-order valence-electron chi connectivity index (χ1n) is 4.77. The zero-order chi connectivity index (χ0) is 10.3. The van der Waals surface area contributed by atoms with Crippen molar-refractivity contribution in [2.45, 2.75) is 27.2 Å². The van der Waals surface area contributed by atoms with Gasteiger partial charge in [0.25, 0.3) is 0 Å². The van der Waals surface area contributed by atoms with Crippen LogP contribution in [0.1, 0.15) is 23.9 Å². The molecule has 0 spiro atoms. The second-order valence-electron chi connectivity index (χ2n) is 3.53. The van der Waals surface area contributed by atoms with Crippen LogP contribution < -0.4 is 0 Å². The van der Waals surface area contributed by atoms with Gasteiger partial charge in [0.1, 0.15) is 5.65 Å². The molecule has 0 fully saturated rings. The summed E-state index contributed by atoms with van der Waals surface area (Å²) in [4.78, 5) is 4.53. The maximum atomic E-state index is 4.53. The fraction of sp³-hybridized carbons (Fsp3) is 0.364. The summed E-state index contributed by atoms with van der Waals surface area (Å²) in [7, 11) is 0. The molecule has 2 heterocycles. The summed E-state index contributed by atoms with van der Waals surface area (Å²) in [6.45, 7) is 6.30. The van der Waals surface area contributed by atoms with Gasteiger partial charge < -0.3 is 4.40 Å². The minimum absolute atomic E-state index is 1.02. The van der Waals surface area contributed by atoms with Gasteiger partial charge in [0.2, 0.25) is 0 Å². The van der Waals surface area contributed by atoms with E-state index in [0.29, 0.717) is 0 Å². The van der Waals surface area contributed by atoms with Gasteiger partial charge in [0.15, 0.2) is 0 Å². The molecule has 0 bridgehead atoms. The third kappa shape index (κ3) is 1.36. The summed E-state index contributed by atoms with van der Waals surface area (Å²) < 4.78 is 3.30. The van der Waals surface area contributed by atoms with E-state index in [4.69, 9.17) is 0 Å². The number of aryl methyl sites for hydroxylation is 3. The van der Waals surface area contributed by atoms with Crippen LogP contribution >= 0.6 is 15.9 Å². The zero-order valence-electron chi connectivity index (χ0n) is 8.63. The Balaban J connectivity index is 2.82. The van der Waals surface area contributed by atoms with Crippen molar-refractivity contribution < 1.29 is 0 Å². The Labute approximate surface area is 92.1 Å². The first kappa shape index (κ1) is 9.71. The van der Waals surface area contributed by atoms with Crippen molar-refractivity contribution in [3.05, 3.63) is 33.7 Å². The van der Waals surface area contributed by atoms with Crippen LogP contribution in [0.25, 0.3) is 5.65 Å². The van der Waals surface area contributed by atoms with Gasteiger partial charge in [-0.05, 0) is 47.8 Å². The van der Waals surface area contributed by atoms with E-state index in [9.17, 15) is 0 Å². The van der Waals surface area contributed by atoms with Gasteiger partial charge in [0, 0.05) is 16.4 Å². The van der Waals surface area contributed by atoms with Crippen molar-refractivity contribution in [2.24, 2.45) is 0 Å². The van der Waals surface area contributed by atoms with Gasteiger partial charge in [-0.15, -0.1) is 0 Å². The molecule has 0 unspecified atom stereocenters. The number of nitrogens with zero attached hydrogens (tertiary/aromatic N) is 2. The maximum absolute atomic E-state index is 4.53. The first-order valence-corrected chi connectivity index (χ1v) is 5.56. The summed E-state index contributed by atoms with van der Waals surface area (Å²) in [5.41, 5.74) is 4.69. The van der Waals surface area contributed by atoms with Crippen molar-refractivity contribution in [3.63, 3.8) is 0 Å². The van der Waals surface area contributed by atoms with Crippen molar-refractivity contribution in [1.29, 1.82) is 0 Å². The Morgan fingerprint density at radius 1 is 1.43 bits per heavy atom. The quantitative estimate of drug-likeness (QED) is 0.762. The molecule has 0 aromatic carbocycles. The van der Waals surface area contributed by atoms with Crippen molar-refractivity contribution in [1.82, 2.24) is 9.38 Å². The lowest BCUT2D eigenvalue weighted by Crippen LogP contribution is -1.93. The van der Waals surface area contributed by atoms with Crippen LogP contribution in [-0.2, 0) is 6.42 Å². The number of aromatic nitrogens is 2. The number of rotatable bonds is 1. The number of hydrogen-bond donors (Lipinski definition) is 0. The van der Waals surface area contributed by atoms with Gasteiger partial charge in [0.05, 0.1) is 5.69 Å². The molecular formula is C11H13BrN2. The minimum Gasteiger partial charge on any atom is -0.303 e. The monoisotopic (exact) mass is 252 g/mol. The van der Waals surface area contributed by atoms with E-state index in [1.54, 1.807) is 0 Å². The third-order valence-electron chi connectivity index (χ3n) is 2.54. The number of halogens is 1. The molecule has 2 aromatic rings. The molecule has 0 amide bonds. The first-order chi connectivity index (χ1) is 6.63. The maximum Gasteiger partial charge on any atom is 0.137 e. The lowest BCUT2D eigenvalue weighted by atomic mass is 10.3. The molecule has 0 N–H and O–H groups in total. The SMILES string of the molecule is CCc1c(C)nc2cc(C)c(Br)cn12. The number of hydrogen-bond acceptors (Lipinski definition) is 1. The smallest absolute Gasteiger partial charge is 0.137 e. The average Bonchev–Trinajstić information content (AvgIpc) is 2.42. The molecule has 0 atom stereocenters. The van der Waals surface area contributed by atoms with Crippen LogP contribution in [0.15, 0.2) is 16.7 Å². The molecular weight excluding hydrogens is 240 g/mol. The number of imidazole rings is 1. The fourth-order valence-corrected chi connectivity index (χ4v) is 2.07.